The average molecular weight is 353 g/mol. The summed E-state index contributed by atoms with van der Waals surface area (Å²) in [5.74, 6) is 0.726. The van der Waals surface area contributed by atoms with Gasteiger partial charge in [-0.05, 0) is 54.6 Å². The standard InChI is InChI=1S/C21H27N3O2/c1-23(13-18-6-9-22-10-7-18)15-21(26)24-11-8-20(14-24)12-17-2-4-19(16-25)5-3-17/h2-7,9-10,20,25H,8,11-16H2,1H3/t20-/m0/s1. The SMILES string of the molecule is CN(CC(=O)N1CC[C@@H](Cc2ccc(CO)cc2)C1)Cc1ccncc1. The summed E-state index contributed by atoms with van der Waals surface area (Å²) in [6.07, 6.45) is 5.61. The lowest BCUT2D eigenvalue weighted by Crippen LogP contribution is -2.37. The molecule has 1 aromatic carbocycles. The molecule has 138 valence electrons. The number of likely N-dealkylation sites (N-methyl/N-ethyl adjacent to an activating group) is 1. The molecule has 1 fully saturated rings. The van der Waals surface area contributed by atoms with Crippen molar-refractivity contribution in [2.75, 3.05) is 26.7 Å². The van der Waals surface area contributed by atoms with Crippen LogP contribution in [0.5, 0.6) is 0 Å². The maximum atomic E-state index is 12.6. The van der Waals surface area contributed by atoms with Gasteiger partial charge in [0.05, 0.1) is 13.2 Å². The van der Waals surface area contributed by atoms with Gasteiger partial charge in [0.2, 0.25) is 5.91 Å². The lowest BCUT2D eigenvalue weighted by Gasteiger charge is -2.21. The van der Waals surface area contributed by atoms with Gasteiger partial charge in [-0.1, -0.05) is 24.3 Å². The van der Waals surface area contributed by atoms with Crippen LogP contribution in [0.3, 0.4) is 0 Å². The molecule has 0 bridgehead atoms. The minimum atomic E-state index is 0.0823. The Morgan fingerprint density at radius 3 is 2.54 bits per heavy atom. The molecule has 3 rings (SSSR count). The van der Waals surface area contributed by atoms with Gasteiger partial charge in [0.15, 0.2) is 0 Å². The third-order valence-corrected chi connectivity index (χ3v) is 4.98. The van der Waals surface area contributed by atoms with E-state index in [4.69, 9.17) is 5.11 Å². The van der Waals surface area contributed by atoms with Crippen molar-refractivity contribution in [2.45, 2.75) is 26.0 Å². The molecule has 1 aliphatic rings. The second-order valence-corrected chi connectivity index (χ2v) is 7.20. The van der Waals surface area contributed by atoms with Crippen LogP contribution in [-0.2, 0) is 24.4 Å². The summed E-state index contributed by atoms with van der Waals surface area (Å²) >= 11 is 0. The molecule has 1 amide bonds. The Morgan fingerprint density at radius 1 is 1.15 bits per heavy atom. The summed E-state index contributed by atoms with van der Waals surface area (Å²) in [7, 11) is 1.98. The van der Waals surface area contributed by atoms with Crippen molar-refractivity contribution >= 4 is 5.91 Å². The quantitative estimate of drug-likeness (QED) is 0.828. The first-order valence-electron chi connectivity index (χ1n) is 9.18. The lowest BCUT2D eigenvalue weighted by molar-refractivity contribution is -0.131. The normalized spacial score (nSPS) is 17.0. The number of likely N-dealkylation sites (tertiary alicyclic amines) is 1. The smallest absolute Gasteiger partial charge is 0.236 e. The molecular weight excluding hydrogens is 326 g/mol. The van der Waals surface area contributed by atoms with Crippen molar-refractivity contribution in [2.24, 2.45) is 5.92 Å². The Morgan fingerprint density at radius 2 is 1.85 bits per heavy atom. The lowest BCUT2D eigenvalue weighted by atomic mass is 9.98. The molecule has 5 heteroatoms. The van der Waals surface area contributed by atoms with Crippen molar-refractivity contribution in [3.8, 4) is 0 Å². The predicted octanol–water partition coefficient (Wildman–Crippen LogP) is 2.10. The number of hydrogen-bond donors (Lipinski definition) is 1. The number of aliphatic hydroxyl groups is 1. The summed E-state index contributed by atoms with van der Waals surface area (Å²) in [6, 6.07) is 12.1. The first-order valence-corrected chi connectivity index (χ1v) is 9.18. The van der Waals surface area contributed by atoms with E-state index < -0.39 is 0 Å². The molecule has 0 spiro atoms. The van der Waals surface area contributed by atoms with Crippen LogP contribution in [0.25, 0.3) is 0 Å². The van der Waals surface area contributed by atoms with E-state index >= 15 is 0 Å². The fraction of sp³-hybridized carbons (Fsp3) is 0.429. The first-order chi connectivity index (χ1) is 12.6. The van der Waals surface area contributed by atoms with Gasteiger partial charge in [0.1, 0.15) is 0 Å². The average Bonchev–Trinajstić information content (AvgIpc) is 3.12. The summed E-state index contributed by atoms with van der Waals surface area (Å²) in [5.41, 5.74) is 3.38. The molecule has 1 aliphatic heterocycles. The Bertz CT molecular complexity index is 703. The van der Waals surface area contributed by atoms with Gasteiger partial charge in [-0.25, -0.2) is 0 Å². The molecule has 1 N–H and O–H groups in total. The Hall–Kier alpha value is -2.24. The number of pyridine rings is 1. The zero-order chi connectivity index (χ0) is 18.4. The van der Waals surface area contributed by atoms with E-state index in [1.165, 1.54) is 11.1 Å². The van der Waals surface area contributed by atoms with Gasteiger partial charge in [0, 0.05) is 32.0 Å². The minimum absolute atomic E-state index is 0.0823. The number of amides is 1. The van der Waals surface area contributed by atoms with E-state index in [9.17, 15) is 4.79 Å². The van der Waals surface area contributed by atoms with Crippen LogP contribution in [0.1, 0.15) is 23.1 Å². The van der Waals surface area contributed by atoms with Gasteiger partial charge in [0.25, 0.3) is 0 Å². The monoisotopic (exact) mass is 353 g/mol. The molecule has 1 saturated heterocycles. The highest BCUT2D eigenvalue weighted by molar-refractivity contribution is 5.78. The Labute approximate surface area is 155 Å². The van der Waals surface area contributed by atoms with Crippen LogP contribution in [-0.4, -0.2) is 52.5 Å². The van der Waals surface area contributed by atoms with E-state index in [-0.39, 0.29) is 12.5 Å². The highest BCUT2D eigenvalue weighted by Crippen LogP contribution is 2.21. The van der Waals surface area contributed by atoms with E-state index in [2.05, 4.69) is 22.0 Å². The minimum Gasteiger partial charge on any atom is -0.392 e. The van der Waals surface area contributed by atoms with E-state index in [0.29, 0.717) is 12.5 Å². The zero-order valence-electron chi connectivity index (χ0n) is 15.3. The van der Waals surface area contributed by atoms with Gasteiger partial charge < -0.3 is 10.0 Å². The van der Waals surface area contributed by atoms with E-state index in [0.717, 1.165) is 38.0 Å². The summed E-state index contributed by atoms with van der Waals surface area (Å²) in [5, 5.41) is 9.12. The van der Waals surface area contributed by atoms with E-state index in [1.54, 1.807) is 12.4 Å². The van der Waals surface area contributed by atoms with Crippen molar-refractivity contribution in [3.63, 3.8) is 0 Å². The third kappa shape index (κ3) is 5.13. The molecule has 2 aromatic rings. The van der Waals surface area contributed by atoms with Crippen molar-refractivity contribution in [3.05, 3.63) is 65.5 Å². The van der Waals surface area contributed by atoms with Crippen LogP contribution in [0.2, 0.25) is 0 Å². The number of carbonyl (C=O) groups is 1. The molecule has 0 radical (unpaired) electrons. The van der Waals surface area contributed by atoms with Crippen molar-refractivity contribution in [1.29, 1.82) is 0 Å². The number of nitrogens with zero attached hydrogens (tertiary/aromatic N) is 3. The number of aromatic nitrogens is 1. The number of hydrogen-bond acceptors (Lipinski definition) is 4. The molecule has 0 unspecified atom stereocenters. The van der Waals surface area contributed by atoms with Gasteiger partial charge in [-0.15, -0.1) is 0 Å². The number of benzene rings is 1. The van der Waals surface area contributed by atoms with Crippen molar-refractivity contribution in [1.82, 2.24) is 14.8 Å². The summed E-state index contributed by atoms with van der Waals surface area (Å²) < 4.78 is 0. The van der Waals surface area contributed by atoms with Crippen LogP contribution >= 0.6 is 0 Å². The molecule has 0 saturated carbocycles. The highest BCUT2D eigenvalue weighted by atomic mass is 16.3. The summed E-state index contributed by atoms with van der Waals surface area (Å²) in [6.45, 7) is 2.97. The molecule has 26 heavy (non-hydrogen) atoms. The second-order valence-electron chi connectivity index (χ2n) is 7.20. The molecule has 0 aliphatic carbocycles. The predicted molar refractivity (Wildman–Crippen MR) is 101 cm³/mol. The first kappa shape index (κ1) is 18.5. The van der Waals surface area contributed by atoms with Crippen LogP contribution in [0.15, 0.2) is 48.8 Å². The fourth-order valence-corrected chi connectivity index (χ4v) is 3.53. The van der Waals surface area contributed by atoms with Crippen molar-refractivity contribution < 1.29 is 9.90 Å². The molecule has 2 heterocycles. The second kappa shape index (κ2) is 8.92. The topological polar surface area (TPSA) is 56.7 Å². The fourth-order valence-electron chi connectivity index (χ4n) is 3.53. The molecule has 1 aromatic heterocycles. The molecule has 5 nitrogen and oxygen atoms in total. The van der Waals surface area contributed by atoms with Crippen LogP contribution in [0, 0.1) is 5.92 Å². The highest BCUT2D eigenvalue weighted by Gasteiger charge is 2.26. The number of aliphatic hydroxyl groups excluding tert-OH is 1. The molecular formula is C21H27N3O2. The van der Waals surface area contributed by atoms with Crippen LogP contribution < -0.4 is 0 Å². The van der Waals surface area contributed by atoms with E-state index in [1.807, 2.05) is 36.2 Å². The Balaban J connectivity index is 1.45. The number of rotatable bonds is 7. The molecule has 1 atom stereocenters. The number of carbonyl (C=O) groups excluding carboxylic acids is 1. The maximum absolute atomic E-state index is 12.6. The largest absolute Gasteiger partial charge is 0.392 e. The van der Waals surface area contributed by atoms with Gasteiger partial charge in [-0.2, -0.15) is 0 Å². The van der Waals surface area contributed by atoms with Gasteiger partial charge >= 0.3 is 0 Å². The zero-order valence-corrected chi connectivity index (χ0v) is 15.3. The Kier molecular flexibility index (Phi) is 6.36. The van der Waals surface area contributed by atoms with Crippen LogP contribution in [0.4, 0.5) is 0 Å². The third-order valence-electron chi connectivity index (χ3n) is 4.98. The summed E-state index contributed by atoms with van der Waals surface area (Å²) in [4.78, 5) is 20.6. The maximum Gasteiger partial charge on any atom is 0.236 e. The van der Waals surface area contributed by atoms with Gasteiger partial charge in [-0.3, -0.25) is 14.7 Å².